The fraction of sp³-hybridized carbons (Fsp3) is 0.400. The van der Waals surface area contributed by atoms with Crippen molar-refractivity contribution in [2.45, 2.75) is 33.4 Å². The average molecular weight is 259 g/mol. The third-order valence-corrected chi connectivity index (χ3v) is 2.97. The van der Waals surface area contributed by atoms with Gasteiger partial charge in [-0.05, 0) is 45.0 Å². The molecule has 4 nitrogen and oxygen atoms in total. The van der Waals surface area contributed by atoms with Crippen LogP contribution in [-0.4, -0.2) is 16.8 Å². The highest BCUT2D eigenvalue weighted by Gasteiger charge is 2.06. The molecule has 0 atom stereocenters. The maximum absolute atomic E-state index is 5.92. The molecule has 19 heavy (non-hydrogen) atoms. The fourth-order valence-corrected chi connectivity index (χ4v) is 1.85. The Morgan fingerprint density at radius 1 is 1.37 bits per heavy atom. The van der Waals surface area contributed by atoms with Gasteiger partial charge in [0.2, 0.25) is 0 Å². The lowest BCUT2D eigenvalue weighted by molar-refractivity contribution is 0.473. The molecule has 1 N–H and O–H groups in total. The van der Waals surface area contributed by atoms with Crippen LogP contribution in [0.15, 0.2) is 30.6 Å². The Labute approximate surface area is 114 Å². The molecule has 0 amide bonds. The second kappa shape index (κ2) is 5.89. The number of aryl methyl sites for hydroxylation is 1. The van der Waals surface area contributed by atoms with Crippen molar-refractivity contribution in [3.05, 3.63) is 41.7 Å². The first kappa shape index (κ1) is 13.6. The zero-order valence-corrected chi connectivity index (χ0v) is 12.0. The van der Waals surface area contributed by atoms with Crippen molar-refractivity contribution >= 4 is 0 Å². The summed E-state index contributed by atoms with van der Waals surface area (Å²) >= 11 is 0. The summed E-state index contributed by atoms with van der Waals surface area (Å²) in [6.45, 7) is 7.07. The molecule has 0 aliphatic heterocycles. The standard InChI is InChI=1S/C15H21N3O/c1-11(2)18-10-14(9-17-18)19-15-7-13(8-16-4)6-5-12(15)3/h5-7,9-11,16H,8H2,1-4H3. The van der Waals surface area contributed by atoms with Gasteiger partial charge in [-0.3, -0.25) is 4.68 Å². The van der Waals surface area contributed by atoms with Crippen LogP contribution in [0.3, 0.4) is 0 Å². The maximum Gasteiger partial charge on any atom is 0.165 e. The molecule has 0 aliphatic rings. The van der Waals surface area contributed by atoms with Crippen LogP contribution in [-0.2, 0) is 6.54 Å². The van der Waals surface area contributed by atoms with Crippen LogP contribution in [0.25, 0.3) is 0 Å². The Balaban J connectivity index is 2.19. The second-order valence-corrected chi connectivity index (χ2v) is 4.98. The number of ether oxygens (including phenoxy) is 1. The summed E-state index contributed by atoms with van der Waals surface area (Å²) in [4.78, 5) is 0. The second-order valence-electron chi connectivity index (χ2n) is 4.98. The number of rotatable bonds is 5. The van der Waals surface area contributed by atoms with Crippen molar-refractivity contribution in [1.29, 1.82) is 0 Å². The zero-order chi connectivity index (χ0) is 13.8. The molecule has 2 rings (SSSR count). The molecule has 0 saturated heterocycles. The van der Waals surface area contributed by atoms with Gasteiger partial charge in [-0.2, -0.15) is 5.10 Å². The maximum atomic E-state index is 5.92. The van der Waals surface area contributed by atoms with Gasteiger partial charge in [-0.25, -0.2) is 0 Å². The molecule has 2 aromatic rings. The lowest BCUT2D eigenvalue weighted by Crippen LogP contribution is -2.05. The minimum absolute atomic E-state index is 0.342. The Hall–Kier alpha value is -1.81. The van der Waals surface area contributed by atoms with E-state index in [1.807, 2.05) is 24.9 Å². The summed E-state index contributed by atoms with van der Waals surface area (Å²) in [5.74, 6) is 1.66. The number of nitrogens with one attached hydrogen (secondary N) is 1. The van der Waals surface area contributed by atoms with Crippen molar-refractivity contribution in [1.82, 2.24) is 15.1 Å². The molecule has 1 aromatic heterocycles. The zero-order valence-electron chi connectivity index (χ0n) is 12.0. The molecule has 0 unspecified atom stereocenters. The molecule has 102 valence electrons. The van der Waals surface area contributed by atoms with Crippen molar-refractivity contribution in [3.8, 4) is 11.5 Å². The highest BCUT2D eigenvalue weighted by atomic mass is 16.5. The molecule has 0 fully saturated rings. The smallest absolute Gasteiger partial charge is 0.165 e. The third-order valence-electron chi connectivity index (χ3n) is 2.97. The normalized spacial score (nSPS) is 11.0. The molecule has 4 heteroatoms. The Bertz CT molecular complexity index is 546. The van der Waals surface area contributed by atoms with Crippen molar-refractivity contribution in [2.24, 2.45) is 0 Å². The molecular weight excluding hydrogens is 238 g/mol. The Morgan fingerprint density at radius 3 is 2.79 bits per heavy atom. The molecule has 0 spiro atoms. The fourth-order valence-electron chi connectivity index (χ4n) is 1.85. The van der Waals surface area contributed by atoms with E-state index < -0.39 is 0 Å². The van der Waals surface area contributed by atoms with Gasteiger partial charge in [0.1, 0.15) is 5.75 Å². The van der Waals surface area contributed by atoms with Crippen LogP contribution in [0, 0.1) is 6.92 Å². The molecule has 0 saturated carbocycles. The van der Waals surface area contributed by atoms with E-state index in [0.29, 0.717) is 6.04 Å². The van der Waals surface area contributed by atoms with Crippen molar-refractivity contribution in [3.63, 3.8) is 0 Å². The summed E-state index contributed by atoms with van der Waals surface area (Å²) in [5.41, 5.74) is 2.33. The number of hydrogen-bond donors (Lipinski definition) is 1. The van der Waals surface area contributed by atoms with Crippen LogP contribution in [0.1, 0.15) is 31.0 Å². The van der Waals surface area contributed by atoms with Gasteiger partial charge in [0.05, 0.1) is 12.4 Å². The molecule has 0 bridgehead atoms. The monoisotopic (exact) mass is 259 g/mol. The quantitative estimate of drug-likeness (QED) is 0.895. The van der Waals surface area contributed by atoms with E-state index >= 15 is 0 Å². The largest absolute Gasteiger partial charge is 0.454 e. The van der Waals surface area contributed by atoms with E-state index in [0.717, 1.165) is 23.6 Å². The van der Waals surface area contributed by atoms with Crippen molar-refractivity contribution in [2.75, 3.05) is 7.05 Å². The minimum atomic E-state index is 0.342. The Morgan fingerprint density at radius 2 is 2.16 bits per heavy atom. The highest BCUT2D eigenvalue weighted by molar-refractivity contribution is 5.39. The number of aromatic nitrogens is 2. The molecule has 1 heterocycles. The SMILES string of the molecule is CNCc1ccc(C)c(Oc2cnn(C(C)C)c2)c1. The number of hydrogen-bond acceptors (Lipinski definition) is 3. The number of nitrogens with zero attached hydrogens (tertiary/aromatic N) is 2. The lowest BCUT2D eigenvalue weighted by atomic mass is 10.1. The van der Waals surface area contributed by atoms with Crippen molar-refractivity contribution < 1.29 is 4.74 Å². The predicted molar refractivity (Wildman–Crippen MR) is 76.6 cm³/mol. The van der Waals surface area contributed by atoms with E-state index in [4.69, 9.17) is 4.74 Å². The van der Waals surface area contributed by atoms with Crippen LogP contribution < -0.4 is 10.1 Å². The predicted octanol–water partition coefficient (Wildman–Crippen LogP) is 3.28. The van der Waals surface area contributed by atoms with Gasteiger partial charge in [-0.1, -0.05) is 12.1 Å². The van der Waals surface area contributed by atoms with E-state index in [2.05, 4.69) is 42.5 Å². The van der Waals surface area contributed by atoms with Gasteiger partial charge >= 0.3 is 0 Å². The van der Waals surface area contributed by atoms with E-state index in [1.165, 1.54) is 5.56 Å². The summed E-state index contributed by atoms with van der Waals surface area (Å²) in [5, 5.41) is 7.42. The molecular formula is C15H21N3O. The first-order valence-electron chi connectivity index (χ1n) is 6.56. The van der Waals surface area contributed by atoms with Gasteiger partial charge in [0, 0.05) is 12.6 Å². The van der Waals surface area contributed by atoms with E-state index in [9.17, 15) is 0 Å². The third kappa shape index (κ3) is 3.35. The Kier molecular flexibility index (Phi) is 4.22. The summed E-state index contributed by atoms with van der Waals surface area (Å²) < 4.78 is 7.81. The van der Waals surface area contributed by atoms with Gasteiger partial charge in [0.15, 0.2) is 5.75 Å². The van der Waals surface area contributed by atoms with Gasteiger partial charge < -0.3 is 10.1 Å². The van der Waals surface area contributed by atoms with Gasteiger partial charge in [0.25, 0.3) is 0 Å². The molecule has 0 aliphatic carbocycles. The molecule has 1 aromatic carbocycles. The average Bonchev–Trinajstić information content (AvgIpc) is 2.82. The summed E-state index contributed by atoms with van der Waals surface area (Å²) in [7, 11) is 1.94. The first-order valence-corrected chi connectivity index (χ1v) is 6.56. The summed E-state index contributed by atoms with van der Waals surface area (Å²) in [6.07, 6.45) is 3.68. The van der Waals surface area contributed by atoms with E-state index in [1.54, 1.807) is 6.20 Å². The van der Waals surface area contributed by atoms with Crippen LogP contribution in [0.5, 0.6) is 11.5 Å². The topological polar surface area (TPSA) is 39.1 Å². The number of benzene rings is 1. The van der Waals surface area contributed by atoms with E-state index in [-0.39, 0.29) is 0 Å². The van der Waals surface area contributed by atoms with Crippen LogP contribution >= 0.6 is 0 Å². The highest BCUT2D eigenvalue weighted by Crippen LogP contribution is 2.26. The summed E-state index contributed by atoms with van der Waals surface area (Å²) in [6, 6.07) is 6.60. The minimum Gasteiger partial charge on any atom is -0.454 e. The van der Waals surface area contributed by atoms with Gasteiger partial charge in [-0.15, -0.1) is 0 Å². The lowest BCUT2D eigenvalue weighted by Gasteiger charge is -2.09. The van der Waals surface area contributed by atoms with Crippen LogP contribution in [0.2, 0.25) is 0 Å². The first-order chi connectivity index (χ1) is 9.10. The molecule has 0 radical (unpaired) electrons. The van der Waals surface area contributed by atoms with Crippen LogP contribution in [0.4, 0.5) is 0 Å².